The lowest BCUT2D eigenvalue weighted by molar-refractivity contribution is -0.154. The maximum Gasteiger partial charge on any atom is 0.306 e. The van der Waals surface area contributed by atoms with Crippen molar-refractivity contribution in [3.63, 3.8) is 0 Å². The molecule has 76 heavy (non-hydrogen) atoms. The van der Waals surface area contributed by atoms with Crippen LogP contribution in [0.15, 0.2) is 19.0 Å². The zero-order valence-electron chi connectivity index (χ0n) is 42.0. The Morgan fingerprint density at radius 1 is 0.684 bits per heavy atom. The lowest BCUT2D eigenvalue weighted by atomic mass is 10.1. The lowest BCUT2D eigenvalue weighted by Gasteiger charge is -2.19. The highest BCUT2D eigenvalue weighted by Crippen LogP contribution is 2.36. The zero-order valence-corrected chi connectivity index (χ0v) is 44.3. The number of nitrogen functional groups attached to an aromatic ring is 3. The third-order valence-corrected chi connectivity index (χ3v) is 12.8. The van der Waals surface area contributed by atoms with Gasteiger partial charge in [0.05, 0.1) is 25.1 Å². The van der Waals surface area contributed by atoms with Crippen LogP contribution in [-0.4, -0.2) is 200 Å². The number of amides is 1. The molecule has 0 aliphatic carbocycles. The molecule has 0 spiro atoms. The van der Waals surface area contributed by atoms with Gasteiger partial charge < -0.3 is 82.7 Å². The summed E-state index contributed by atoms with van der Waals surface area (Å²) in [5.74, 6) is 0.421. The van der Waals surface area contributed by atoms with Gasteiger partial charge in [0, 0.05) is 31.8 Å². The summed E-state index contributed by atoms with van der Waals surface area (Å²) in [5, 5.41) is 69.9. The van der Waals surface area contributed by atoms with Crippen LogP contribution >= 0.6 is 35.0 Å². The number of fused-ring (bicyclic) bond motifs is 3. The summed E-state index contributed by atoms with van der Waals surface area (Å²) in [4.78, 5) is 60.4. The predicted molar refractivity (Wildman–Crippen MR) is 276 cm³/mol. The van der Waals surface area contributed by atoms with Crippen molar-refractivity contribution in [3.8, 4) is 0 Å². The number of nitrogens with one attached hydrogen (secondary N) is 3. The van der Waals surface area contributed by atoms with Gasteiger partial charge in [-0.25, -0.2) is 15.0 Å². The molecule has 12 atom stereocenters. The van der Waals surface area contributed by atoms with E-state index in [0.717, 1.165) is 6.54 Å². The fourth-order valence-electron chi connectivity index (χ4n) is 8.28. The molecule has 3 aliphatic rings. The first-order valence-corrected chi connectivity index (χ1v) is 26.0. The first kappa shape index (κ1) is 58.0. The molecule has 9 rings (SSSR count). The number of rotatable bonds is 15. The van der Waals surface area contributed by atoms with Crippen molar-refractivity contribution in [2.24, 2.45) is 0 Å². The highest BCUT2D eigenvalue weighted by Gasteiger charge is 2.48. The maximum absolute atomic E-state index is 11.9. The second-order valence-corrected chi connectivity index (χ2v) is 20.0. The number of ether oxygens (including phenoxy) is 4. The molecule has 0 bridgehead atoms. The first-order valence-electron chi connectivity index (χ1n) is 23.9. The summed E-state index contributed by atoms with van der Waals surface area (Å²) in [6, 6.07) is 0. The number of halogens is 2. The molecule has 0 saturated carbocycles. The van der Waals surface area contributed by atoms with Crippen LogP contribution in [0, 0.1) is 0 Å². The van der Waals surface area contributed by atoms with Crippen LogP contribution in [0.25, 0.3) is 33.5 Å². The lowest BCUT2D eigenvalue weighted by Crippen LogP contribution is -2.42. The second kappa shape index (κ2) is 24.8. The van der Waals surface area contributed by atoms with Crippen molar-refractivity contribution in [1.82, 2.24) is 69.2 Å². The number of imidazole rings is 3. The SMILES string of the molecule is CCNC(=O)[C@H]1O[C@@H](n2cnc3c(N)nc(Cl)nc32)[C@H](O)[C@@H]1O.CCNC[C@H]1O[C@@H](n2cnc3c(N)nc(Cl)nc32)[C@H](O)[C@@H]1O.CSC[C@H]1O[C@@H](n2cnc3c(N)nc(NCCCC(=O)OC(C)(C)C)nc32)[C@H](O)[C@@H]1O. The Kier molecular flexibility index (Phi) is 18.9. The van der Waals surface area contributed by atoms with Gasteiger partial charge in [0.25, 0.3) is 5.91 Å². The van der Waals surface area contributed by atoms with E-state index < -0.39 is 85.1 Å². The highest BCUT2D eigenvalue weighted by atomic mass is 35.5. The molecule has 416 valence electrons. The van der Waals surface area contributed by atoms with Crippen molar-refractivity contribution >= 4 is 104 Å². The summed E-state index contributed by atoms with van der Waals surface area (Å²) in [6.07, 6.45) is -5.08. The maximum atomic E-state index is 11.9. The smallest absolute Gasteiger partial charge is 0.306 e. The topological polar surface area (TPSA) is 437 Å². The molecule has 0 radical (unpaired) electrons. The van der Waals surface area contributed by atoms with Crippen LogP contribution in [0.3, 0.4) is 0 Å². The van der Waals surface area contributed by atoms with E-state index in [2.05, 4.69) is 60.8 Å². The molecule has 3 fully saturated rings. The Bertz CT molecular complexity index is 2970. The van der Waals surface area contributed by atoms with Gasteiger partial charge in [0.1, 0.15) is 64.9 Å². The average Bonchev–Trinajstić information content (AvgIpc) is 4.24. The Labute approximate surface area is 447 Å². The fraction of sp³-hybridized carbons (Fsp3) is 0.605. The van der Waals surface area contributed by atoms with Crippen molar-refractivity contribution in [3.05, 3.63) is 29.5 Å². The molecule has 0 unspecified atom stereocenters. The van der Waals surface area contributed by atoms with Gasteiger partial charge in [-0.1, -0.05) is 6.92 Å². The Morgan fingerprint density at radius 3 is 1.66 bits per heavy atom. The number of carbonyl (C=O) groups is 2. The van der Waals surface area contributed by atoms with E-state index in [4.69, 9.17) is 59.4 Å². The van der Waals surface area contributed by atoms with E-state index in [1.807, 2.05) is 34.0 Å². The minimum absolute atomic E-state index is 0.0241. The van der Waals surface area contributed by atoms with Gasteiger partial charge in [0.15, 0.2) is 59.2 Å². The monoisotopic (exact) mass is 1120 g/mol. The highest BCUT2D eigenvalue weighted by molar-refractivity contribution is 7.98. The van der Waals surface area contributed by atoms with Gasteiger partial charge in [-0.3, -0.25) is 23.3 Å². The number of likely N-dealkylation sites (N-methyl/N-ethyl adjacent to an activating group) is 2. The minimum Gasteiger partial charge on any atom is -0.460 e. The van der Waals surface area contributed by atoms with Crippen molar-refractivity contribution in [2.75, 3.05) is 60.7 Å². The van der Waals surface area contributed by atoms with Gasteiger partial charge in [-0.05, 0) is 70.1 Å². The van der Waals surface area contributed by atoms with E-state index in [9.17, 15) is 40.2 Å². The minimum atomic E-state index is -1.39. The summed E-state index contributed by atoms with van der Waals surface area (Å²) < 4.78 is 26.8. The molecule has 6 aromatic heterocycles. The fourth-order valence-corrected chi connectivity index (χ4v) is 9.23. The van der Waals surface area contributed by atoms with E-state index in [-0.39, 0.29) is 57.5 Å². The molecule has 1 amide bonds. The molecule has 3 saturated heterocycles. The Hall–Kier alpha value is -5.68. The molecule has 33 heteroatoms. The number of anilines is 4. The van der Waals surface area contributed by atoms with E-state index in [1.54, 1.807) is 11.5 Å². The Balaban J connectivity index is 0.000000169. The van der Waals surface area contributed by atoms with Gasteiger partial charge in [0.2, 0.25) is 16.5 Å². The first-order chi connectivity index (χ1) is 36.1. The number of carbonyl (C=O) groups excluding carboxylic acids is 2. The van der Waals surface area contributed by atoms with Crippen LogP contribution in [-0.2, 0) is 28.5 Å². The third kappa shape index (κ3) is 12.8. The van der Waals surface area contributed by atoms with Crippen molar-refractivity contribution in [1.29, 1.82) is 0 Å². The number of nitrogens with two attached hydrogens (primary N) is 3. The number of nitrogens with zero attached hydrogens (tertiary/aromatic N) is 12. The van der Waals surface area contributed by atoms with Gasteiger partial charge >= 0.3 is 5.97 Å². The number of hydrogen-bond acceptors (Lipinski definition) is 27. The van der Waals surface area contributed by atoms with Crippen LogP contribution in [0.5, 0.6) is 0 Å². The van der Waals surface area contributed by atoms with Gasteiger partial charge in [-0.2, -0.15) is 41.7 Å². The Morgan fingerprint density at radius 2 is 1.16 bits per heavy atom. The molecule has 30 nitrogen and oxygen atoms in total. The zero-order chi connectivity index (χ0) is 55.3. The van der Waals surface area contributed by atoms with Crippen molar-refractivity contribution in [2.45, 2.75) is 127 Å². The van der Waals surface area contributed by atoms with E-state index in [0.29, 0.717) is 54.1 Å². The molecule has 3 aliphatic heterocycles. The molecular formula is C43H62Cl2N18O12S. The third-order valence-electron chi connectivity index (χ3n) is 11.8. The molecule has 6 aromatic rings. The summed E-state index contributed by atoms with van der Waals surface area (Å²) >= 11 is 13.1. The van der Waals surface area contributed by atoms with Crippen LogP contribution in [0.4, 0.5) is 23.4 Å². The number of aliphatic hydroxyl groups excluding tert-OH is 6. The van der Waals surface area contributed by atoms with Crippen LogP contribution in [0.1, 0.15) is 66.1 Å². The summed E-state index contributed by atoms with van der Waals surface area (Å²) in [7, 11) is 0. The van der Waals surface area contributed by atoms with E-state index >= 15 is 0 Å². The molecule has 9 heterocycles. The summed E-state index contributed by atoms with van der Waals surface area (Å²) in [6.45, 7) is 11.1. The predicted octanol–water partition coefficient (Wildman–Crippen LogP) is -0.968. The number of esters is 1. The summed E-state index contributed by atoms with van der Waals surface area (Å²) in [5.41, 5.74) is 19.0. The quantitative estimate of drug-likeness (QED) is 0.0334. The normalized spacial score (nSPS) is 26.3. The largest absolute Gasteiger partial charge is 0.460 e. The number of aromatic nitrogens is 12. The van der Waals surface area contributed by atoms with Crippen molar-refractivity contribution < 1.29 is 59.2 Å². The van der Waals surface area contributed by atoms with Crippen LogP contribution in [0.2, 0.25) is 10.6 Å². The molecular weight excluding hydrogens is 1060 g/mol. The second-order valence-electron chi connectivity index (χ2n) is 18.5. The van der Waals surface area contributed by atoms with Gasteiger partial charge in [-0.15, -0.1) is 0 Å². The molecule has 15 N–H and O–H groups in total. The number of thioether (sulfide) groups is 1. The number of aliphatic hydroxyl groups is 6. The van der Waals surface area contributed by atoms with Crippen LogP contribution < -0.4 is 33.2 Å². The average molecular weight is 1130 g/mol. The molecule has 0 aromatic carbocycles. The standard InChI is InChI=1S/C19H30N6O5S.C12H15ClN6O4.C12H17ClN6O3/c1-19(2,3)30-11(26)6-5-7-21-18-23-15(20)12-16(24-18)25(9-22-12)17-14(28)13(27)10(29-17)8-31-4;1-2-15-10(22)7-5(20)6(21)11(23-7)19-3-16-4-8(14)17-12(13)18-9(4)19;1-2-15-3-5-7(20)8(21)11(22-5)19-4-16-6-9(14)17-12(13)18-10(6)19/h9-10,13-14,17,27-28H,5-8H2,1-4H3,(H3,20,21,23,24);3,5-7,11,20-21H,2H2,1H3,(H,15,22)(H2,14,17,18);4-5,7-8,11,15,20-21H,2-3H2,1H3,(H2,14,17,18)/t10-,13-,14-,17-;5-,6+,7-,11+;5-,7-,8-,11-/m101/s1. The number of hydrogen-bond donors (Lipinski definition) is 12. The van der Waals surface area contributed by atoms with E-state index in [1.165, 1.54) is 39.9 Å².